The molecule has 19 heavy (non-hydrogen) atoms. The van der Waals surface area contributed by atoms with Crippen molar-refractivity contribution in [2.24, 2.45) is 0 Å². The third-order valence-corrected chi connectivity index (χ3v) is 3.35. The van der Waals surface area contributed by atoms with E-state index in [-0.39, 0.29) is 24.4 Å². The zero-order chi connectivity index (χ0) is 14.6. The van der Waals surface area contributed by atoms with E-state index >= 15 is 0 Å². The fourth-order valence-corrected chi connectivity index (χ4v) is 2.08. The van der Waals surface area contributed by atoms with Crippen molar-refractivity contribution in [2.45, 2.75) is 6.42 Å². The summed E-state index contributed by atoms with van der Waals surface area (Å²) in [6.07, 6.45) is 1.31. The second kappa shape index (κ2) is 5.96. The largest absolute Gasteiger partial charge is 0.478 e. The average molecular weight is 293 g/mol. The van der Waals surface area contributed by atoms with Crippen molar-refractivity contribution < 1.29 is 27.1 Å². The zero-order valence-electron chi connectivity index (χ0n) is 10.1. The molecule has 0 saturated heterocycles. The third kappa shape index (κ3) is 4.47. The van der Waals surface area contributed by atoms with Gasteiger partial charge in [-0.1, -0.05) is 0 Å². The fraction of sp³-hybridized carbons (Fsp3) is 0.364. The van der Waals surface area contributed by atoms with E-state index in [0.29, 0.717) is 0 Å². The average Bonchev–Trinajstić information content (AvgIpc) is 2.28. The molecular formula is C11H13F2NO4S. The Kier molecular flexibility index (Phi) is 4.82. The molecule has 1 aromatic carbocycles. The molecule has 1 aromatic rings. The maximum Gasteiger partial charge on any atom is 0.338 e. The Morgan fingerprint density at radius 3 is 2.47 bits per heavy atom. The molecule has 0 saturated carbocycles. The summed E-state index contributed by atoms with van der Waals surface area (Å²) in [6, 6.07) is 2.04. The Morgan fingerprint density at radius 1 is 1.32 bits per heavy atom. The Bertz CT molecular complexity index is 587. The van der Waals surface area contributed by atoms with Crippen LogP contribution in [-0.2, 0) is 9.84 Å². The smallest absolute Gasteiger partial charge is 0.338 e. The molecule has 0 heterocycles. The Balaban J connectivity index is 2.71. The number of anilines is 1. The molecular weight excluding hydrogens is 280 g/mol. The van der Waals surface area contributed by atoms with Crippen LogP contribution in [0.3, 0.4) is 0 Å². The van der Waals surface area contributed by atoms with Crippen LogP contribution >= 0.6 is 0 Å². The number of carboxylic acid groups (broad SMARTS) is 1. The molecule has 0 radical (unpaired) electrons. The monoisotopic (exact) mass is 293 g/mol. The van der Waals surface area contributed by atoms with Gasteiger partial charge in [-0.2, -0.15) is 0 Å². The molecule has 1 rings (SSSR count). The molecule has 0 aliphatic heterocycles. The van der Waals surface area contributed by atoms with Crippen LogP contribution in [0.15, 0.2) is 12.1 Å². The van der Waals surface area contributed by atoms with E-state index < -0.39 is 33.0 Å². The molecule has 2 N–H and O–H groups in total. The summed E-state index contributed by atoms with van der Waals surface area (Å²) < 4.78 is 48.5. The number of hydrogen-bond acceptors (Lipinski definition) is 4. The summed E-state index contributed by atoms with van der Waals surface area (Å²) in [6.45, 7) is 0.135. The van der Waals surface area contributed by atoms with Crippen molar-refractivity contribution in [3.63, 3.8) is 0 Å². The summed E-state index contributed by atoms with van der Waals surface area (Å²) in [5.74, 6) is -4.36. The van der Waals surface area contributed by atoms with Crippen LogP contribution in [0.25, 0.3) is 0 Å². The molecule has 0 bridgehead atoms. The van der Waals surface area contributed by atoms with E-state index in [4.69, 9.17) is 5.11 Å². The van der Waals surface area contributed by atoms with Gasteiger partial charge in [0.1, 0.15) is 9.84 Å². The van der Waals surface area contributed by atoms with Crippen molar-refractivity contribution in [2.75, 3.05) is 23.9 Å². The highest BCUT2D eigenvalue weighted by molar-refractivity contribution is 7.90. The highest BCUT2D eigenvalue weighted by Crippen LogP contribution is 2.20. The predicted octanol–water partition coefficient (Wildman–Crippen LogP) is 1.51. The van der Waals surface area contributed by atoms with Crippen molar-refractivity contribution in [1.82, 2.24) is 0 Å². The van der Waals surface area contributed by atoms with Crippen LogP contribution in [0.1, 0.15) is 16.8 Å². The number of aromatic carboxylic acids is 1. The lowest BCUT2D eigenvalue weighted by molar-refractivity contribution is 0.0690. The zero-order valence-corrected chi connectivity index (χ0v) is 10.9. The fourth-order valence-electron chi connectivity index (χ4n) is 1.41. The van der Waals surface area contributed by atoms with Crippen LogP contribution in [0.5, 0.6) is 0 Å². The second-order valence-corrected chi connectivity index (χ2v) is 6.26. The summed E-state index contributed by atoms with van der Waals surface area (Å²) in [5.41, 5.74) is -0.949. The lowest BCUT2D eigenvalue weighted by Crippen LogP contribution is -2.12. The van der Waals surface area contributed by atoms with Gasteiger partial charge >= 0.3 is 5.97 Å². The van der Waals surface area contributed by atoms with Crippen molar-refractivity contribution in [3.05, 3.63) is 29.3 Å². The molecule has 0 aromatic heterocycles. The maximum absolute atomic E-state index is 13.5. The van der Waals surface area contributed by atoms with Crippen LogP contribution in [0.4, 0.5) is 14.5 Å². The van der Waals surface area contributed by atoms with E-state index in [2.05, 4.69) is 5.32 Å². The molecule has 0 aliphatic rings. The van der Waals surface area contributed by atoms with Gasteiger partial charge in [0.15, 0.2) is 11.6 Å². The van der Waals surface area contributed by atoms with Gasteiger partial charge in [0.2, 0.25) is 0 Å². The molecule has 0 unspecified atom stereocenters. The summed E-state index contributed by atoms with van der Waals surface area (Å²) in [5, 5.41) is 11.1. The first kappa shape index (κ1) is 15.4. The van der Waals surface area contributed by atoms with Crippen molar-refractivity contribution in [1.29, 1.82) is 0 Å². The van der Waals surface area contributed by atoms with E-state index in [9.17, 15) is 22.0 Å². The SMILES string of the molecule is CS(=O)(=O)CCCNc1ccc(C(=O)O)c(F)c1F. The Morgan fingerprint density at radius 2 is 1.95 bits per heavy atom. The molecule has 0 atom stereocenters. The Labute approximate surface area is 109 Å². The highest BCUT2D eigenvalue weighted by Gasteiger charge is 2.17. The van der Waals surface area contributed by atoms with Gasteiger partial charge in [-0.05, 0) is 18.6 Å². The van der Waals surface area contributed by atoms with Crippen LogP contribution < -0.4 is 5.32 Å². The first-order valence-corrected chi connectivity index (χ1v) is 7.41. The van der Waals surface area contributed by atoms with E-state index in [1.54, 1.807) is 0 Å². The standard InChI is InChI=1S/C11H13F2NO4S/c1-19(17,18)6-2-5-14-8-4-3-7(11(15)16)9(12)10(8)13/h3-4,14H,2,5-6H2,1H3,(H,15,16). The van der Waals surface area contributed by atoms with Gasteiger partial charge in [0.05, 0.1) is 17.0 Å². The van der Waals surface area contributed by atoms with E-state index in [1.165, 1.54) is 0 Å². The normalized spacial score (nSPS) is 11.3. The lowest BCUT2D eigenvalue weighted by atomic mass is 10.2. The Hall–Kier alpha value is -1.70. The number of sulfone groups is 1. The summed E-state index contributed by atoms with van der Waals surface area (Å²) in [7, 11) is -3.10. The minimum atomic E-state index is -3.10. The van der Waals surface area contributed by atoms with Gasteiger partial charge in [-0.3, -0.25) is 0 Å². The summed E-state index contributed by atoms with van der Waals surface area (Å²) >= 11 is 0. The lowest BCUT2D eigenvalue weighted by Gasteiger charge is -2.08. The number of nitrogens with one attached hydrogen (secondary N) is 1. The minimum absolute atomic E-state index is 0.0721. The van der Waals surface area contributed by atoms with E-state index in [1.807, 2.05) is 0 Å². The van der Waals surface area contributed by atoms with Gasteiger partial charge in [0.25, 0.3) is 0 Å². The summed E-state index contributed by atoms with van der Waals surface area (Å²) in [4.78, 5) is 10.6. The number of benzene rings is 1. The molecule has 0 aliphatic carbocycles. The molecule has 8 heteroatoms. The third-order valence-electron chi connectivity index (χ3n) is 2.32. The highest BCUT2D eigenvalue weighted by atomic mass is 32.2. The van der Waals surface area contributed by atoms with E-state index in [0.717, 1.165) is 18.4 Å². The topological polar surface area (TPSA) is 83.5 Å². The first-order valence-electron chi connectivity index (χ1n) is 5.35. The maximum atomic E-state index is 13.5. The predicted molar refractivity (Wildman–Crippen MR) is 66.1 cm³/mol. The van der Waals surface area contributed by atoms with Crippen molar-refractivity contribution >= 4 is 21.5 Å². The van der Waals surface area contributed by atoms with Crippen LogP contribution in [0, 0.1) is 11.6 Å². The second-order valence-electron chi connectivity index (χ2n) is 4.00. The quantitative estimate of drug-likeness (QED) is 0.777. The minimum Gasteiger partial charge on any atom is -0.478 e. The molecule has 5 nitrogen and oxygen atoms in total. The number of rotatable bonds is 6. The molecule has 0 fully saturated rings. The number of carbonyl (C=O) groups is 1. The molecule has 106 valence electrons. The van der Waals surface area contributed by atoms with Crippen LogP contribution in [0.2, 0.25) is 0 Å². The van der Waals surface area contributed by atoms with Gasteiger partial charge in [-0.25, -0.2) is 22.0 Å². The first-order chi connectivity index (χ1) is 8.72. The number of carboxylic acids is 1. The van der Waals surface area contributed by atoms with Gasteiger partial charge in [-0.15, -0.1) is 0 Å². The van der Waals surface area contributed by atoms with Crippen molar-refractivity contribution in [3.8, 4) is 0 Å². The van der Waals surface area contributed by atoms with Gasteiger partial charge < -0.3 is 10.4 Å². The number of hydrogen-bond donors (Lipinski definition) is 2. The molecule has 0 amide bonds. The number of halogens is 2. The molecule has 0 spiro atoms. The van der Waals surface area contributed by atoms with Gasteiger partial charge in [0, 0.05) is 12.8 Å². The van der Waals surface area contributed by atoms with Crippen LogP contribution in [-0.4, -0.2) is 38.0 Å².